The number of rotatable bonds is 6. The molecule has 0 bridgehead atoms. The van der Waals surface area contributed by atoms with Crippen molar-refractivity contribution in [3.05, 3.63) is 76.1 Å². The molecule has 7 heteroatoms. The van der Waals surface area contributed by atoms with Crippen LogP contribution in [0.2, 0.25) is 0 Å². The zero-order chi connectivity index (χ0) is 18.5. The fourth-order valence-corrected chi connectivity index (χ4v) is 2.86. The average molecular weight is 418 g/mol. The van der Waals surface area contributed by atoms with Crippen LogP contribution in [0.5, 0.6) is 5.75 Å². The van der Waals surface area contributed by atoms with Crippen LogP contribution in [0.3, 0.4) is 0 Å². The molecule has 0 aliphatic rings. The van der Waals surface area contributed by atoms with Crippen molar-refractivity contribution in [1.29, 1.82) is 0 Å². The fraction of sp³-hybridized carbons (Fsp3) is 0.158. The molecule has 1 N–H and O–H groups in total. The predicted octanol–water partition coefficient (Wildman–Crippen LogP) is 4.02. The molecule has 1 amide bonds. The van der Waals surface area contributed by atoms with Crippen molar-refractivity contribution in [2.45, 2.75) is 13.0 Å². The molecule has 1 aromatic heterocycles. The Balaban J connectivity index is 1.62. The highest BCUT2D eigenvalue weighted by Gasteiger charge is 2.11. The van der Waals surface area contributed by atoms with Gasteiger partial charge < -0.3 is 10.1 Å². The number of carbonyl (C=O) groups is 1. The van der Waals surface area contributed by atoms with Gasteiger partial charge in [0.2, 0.25) is 5.91 Å². The van der Waals surface area contributed by atoms with E-state index in [0.717, 1.165) is 16.9 Å². The summed E-state index contributed by atoms with van der Waals surface area (Å²) in [5, 5.41) is 7.15. The monoisotopic (exact) mass is 417 g/mol. The molecule has 3 rings (SSSR count). The number of nitrogens with zero attached hydrogens (tertiary/aromatic N) is 2. The molecule has 5 nitrogen and oxygen atoms in total. The smallest absolute Gasteiger partial charge is 0.230 e. The van der Waals surface area contributed by atoms with E-state index < -0.39 is 0 Å². The maximum Gasteiger partial charge on any atom is 0.230 e. The van der Waals surface area contributed by atoms with Crippen LogP contribution in [0.15, 0.2) is 59.2 Å². The van der Waals surface area contributed by atoms with Crippen LogP contribution in [0.25, 0.3) is 0 Å². The number of methoxy groups -OCH3 is 1. The Morgan fingerprint density at radius 2 is 1.81 bits per heavy atom. The Morgan fingerprint density at radius 1 is 1.15 bits per heavy atom. The zero-order valence-electron chi connectivity index (χ0n) is 14.1. The largest absolute Gasteiger partial charge is 0.497 e. The zero-order valence-corrected chi connectivity index (χ0v) is 15.7. The first kappa shape index (κ1) is 18.1. The van der Waals surface area contributed by atoms with Crippen molar-refractivity contribution in [1.82, 2.24) is 9.78 Å². The van der Waals surface area contributed by atoms with Crippen LogP contribution in [0, 0.1) is 5.82 Å². The molecular weight excluding hydrogens is 401 g/mol. The molecule has 0 radical (unpaired) electrons. The summed E-state index contributed by atoms with van der Waals surface area (Å²) in [5.74, 6) is 0.756. The van der Waals surface area contributed by atoms with Crippen LogP contribution in [0.4, 0.5) is 10.2 Å². The molecule has 2 aromatic carbocycles. The van der Waals surface area contributed by atoms with Crippen LogP contribution >= 0.6 is 15.9 Å². The maximum absolute atomic E-state index is 13.0. The number of anilines is 1. The molecule has 0 fully saturated rings. The van der Waals surface area contributed by atoms with Gasteiger partial charge in [-0.2, -0.15) is 5.10 Å². The Labute approximate surface area is 158 Å². The van der Waals surface area contributed by atoms with E-state index in [2.05, 4.69) is 26.3 Å². The molecule has 0 atom stereocenters. The first-order chi connectivity index (χ1) is 12.5. The summed E-state index contributed by atoms with van der Waals surface area (Å²) >= 11 is 3.40. The summed E-state index contributed by atoms with van der Waals surface area (Å²) < 4.78 is 20.4. The van der Waals surface area contributed by atoms with Crippen molar-refractivity contribution in [3.8, 4) is 5.75 Å². The van der Waals surface area contributed by atoms with Crippen LogP contribution in [-0.2, 0) is 17.8 Å². The highest BCUT2D eigenvalue weighted by atomic mass is 79.9. The lowest BCUT2D eigenvalue weighted by Crippen LogP contribution is -2.15. The molecule has 0 aliphatic carbocycles. The van der Waals surface area contributed by atoms with E-state index in [9.17, 15) is 9.18 Å². The number of ether oxygens (including phenoxy) is 1. The lowest BCUT2D eigenvalue weighted by Gasteiger charge is -2.05. The minimum Gasteiger partial charge on any atom is -0.497 e. The third-order valence-corrected chi connectivity index (χ3v) is 4.34. The van der Waals surface area contributed by atoms with Crippen molar-refractivity contribution in [3.63, 3.8) is 0 Å². The SMILES string of the molecule is COc1ccc(CC(=O)Nc2nn(Cc3ccc(F)cc3)cc2Br)cc1. The number of aromatic nitrogens is 2. The third kappa shape index (κ3) is 4.70. The quantitative estimate of drug-likeness (QED) is 0.658. The van der Waals surface area contributed by atoms with Gasteiger partial charge in [-0.25, -0.2) is 4.39 Å². The van der Waals surface area contributed by atoms with Gasteiger partial charge in [0, 0.05) is 6.20 Å². The molecule has 0 aliphatic heterocycles. The summed E-state index contributed by atoms with van der Waals surface area (Å²) in [7, 11) is 1.60. The lowest BCUT2D eigenvalue weighted by molar-refractivity contribution is -0.115. The first-order valence-corrected chi connectivity index (χ1v) is 8.73. The number of amides is 1. The van der Waals surface area contributed by atoms with E-state index >= 15 is 0 Å². The highest BCUT2D eigenvalue weighted by Crippen LogP contribution is 2.21. The predicted molar refractivity (Wildman–Crippen MR) is 101 cm³/mol. The molecule has 26 heavy (non-hydrogen) atoms. The van der Waals surface area contributed by atoms with Crippen LogP contribution in [0.1, 0.15) is 11.1 Å². The average Bonchev–Trinajstić information content (AvgIpc) is 2.96. The van der Waals surface area contributed by atoms with Gasteiger partial charge in [0.25, 0.3) is 0 Å². The van der Waals surface area contributed by atoms with Crippen LogP contribution < -0.4 is 10.1 Å². The normalized spacial score (nSPS) is 10.6. The van der Waals surface area contributed by atoms with Crippen LogP contribution in [-0.4, -0.2) is 22.8 Å². The molecule has 1 heterocycles. The molecular formula is C19H17BrFN3O2. The summed E-state index contributed by atoms with van der Waals surface area (Å²) in [6.07, 6.45) is 2.01. The number of hydrogen-bond acceptors (Lipinski definition) is 3. The van der Waals surface area contributed by atoms with Gasteiger partial charge in [0.05, 0.1) is 24.5 Å². The van der Waals surface area contributed by atoms with Gasteiger partial charge >= 0.3 is 0 Å². The highest BCUT2D eigenvalue weighted by molar-refractivity contribution is 9.10. The topological polar surface area (TPSA) is 56.1 Å². The van der Waals surface area contributed by atoms with Gasteiger partial charge in [0.1, 0.15) is 11.6 Å². The van der Waals surface area contributed by atoms with E-state index in [1.165, 1.54) is 12.1 Å². The number of carbonyl (C=O) groups excluding carboxylic acids is 1. The third-order valence-electron chi connectivity index (χ3n) is 3.76. The van der Waals surface area contributed by atoms with Gasteiger partial charge in [-0.05, 0) is 51.3 Å². The minimum absolute atomic E-state index is 0.164. The standard InChI is InChI=1S/C19H17BrFN3O2/c1-26-16-8-4-13(5-9-16)10-18(25)22-19-17(20)12-24(23-19)11-14-2-6-15(21)7-3-14/h2-9,12H,10-11H2,1H3,(H,22,23,25). The summed E-state index contributed by atoms with van der Waals surface area (Å²) in [6, 6.07) is 13.5. The van der Waals surface area contributed by atoms with Crippen molar-refractivity contribution >= 4 is 27.7 Å². The minimum atomic E-state index is -0.276. The Bertz CT molecular complexity index is 892. The van der Waals surface area contributed by atoms with Gasteiger partial charge in [0.15, 0.2) is 5.82 Å². The Hall–Kier alpha value is -2.67. The van der Waals surface area contributed by atoms with E-state index in [4.69, 9.17) is 4.74 Å². The number of benzene rings is 2. The van der Waals surface area contributed by atoms with Gasteiger partial charge in [-0.3, -0.25) is 9.48 Å². The number of halogens is 2. The molecule has 0 saturated heterocycles. The van der Waals surface area contributed by atoms with E-state index in [-0.39, 0.29) is 18.1 Å². The molecule has 0 saturated carbocycles. The van der Waals surface area contributed by atoms with E-state index in [1.54, 1.807) is 30.1 Å². The van der Waals surface area contributed by atoms with Crippen molar-refractivity contribution < 1.29 is 13.9 Å². The van der Waals surface area contributed by atoms with E-state index in [0.29, 0.717) is 16.8 Å². The summed E-state index contributed by atoms with van der Waals surface area (Å²) in [6.45, 7) is 0.479. The number of hydrogen-bond donors (Lipinski definition) is 1. The van der Waals surface area contributed by atoms with Crippen molar-refractivity contribution in [2.75, 3.05) is 12.4 Å². The van der Waals surface area contributed by atoms with Gasteiger partial charge in [-0.1, -0.05) is 24.3 Å². The molecule has 0 spiro atoms. The van der Waals surface area contributed by atoms with E-state index in [1.807, 2.05) is 24.3 Å². The fourth-order valence-electron chi connectivity index (χ4n) is 2.44. The summed E-state index contributed by atoms with van der Waals surface area (Å²) in [5.41, 5.74) is 1.79. The lowest BCUT2D eigenvalue weighted by atomic mass is 10.1. The number of nitrogens with one attached hydrogen (secondary N) is 1. The second-order valence-electron chi connectivity index (χ2n) is 5.72. The first-order valence-electron chi connectivity index (χ1n) is 7.93. The molecule has 134 valence electrons. The molecule has 0 unspecified atom stereocenters. The van der Waals surface area contributed by atoms with Crippen molar-refractivity contribution in [2.24, 2.45) is 0 Å². The second-order valence-corrected chi connectivity index (χ2v) is 6.58. The summed E-state index contributed by atoms with van der Waals surface area (Å²) in [4.78, 5) is 12.2. The second kappa shape index (κ2) is 8.14. The Morgan fingerprint density at radius 3 is 2.46 bits per heavy atom. The maximum atomic E-state index is 13.0. The molecule has 3 aromatic rings. The Kier molecular flexibility index (Phi) is 5.68. The van der Waals surface area contributed by atoms with Gasteiger partial charge in [-0.15, -0.1) is 0 Å².